The van der Waals surface area contributed by atoms with E-state index in [-0.39, 0.29) is 0 Å². The summed E-state index contributed by atoms with van der Waals surface area (Å²) in [5.74, 6) is 0. The van der Waals surface area contributed by atoms with Gasteiger partial charge in [0.15, 0.2) is 0 Å². The number of aryl methyl sites for hydroxylation is 1. The molecule has 1 heteroatoms. The molecule has 0 fully saturated rings. The summed E-state index contributed by atoms with van der Waals surface area (Å²) in [5.41, 5.74) is 6.12. The van der Waals surface area contributed by atoms with Gasteiger partial charge in [0.2, 0.25) is 0 Å². The van der Waals surface area contributed by atoms with Crippen molar-refractivity contribution in [1.29, 1.82) is 0 Å². The minimum absolute atomic E-state index is 1.20. The maximum absolute atomic E-state index is 3.97. The Balaban J connectivity index is 2.75. The molecule has 0 amide bonds. The molecule has 0 spiro atoms. The fourth-order valence-electron chi connectivity index (χ4n) is 2.78. The van der Waals surface area contributed by atoms with Crippen LogP contribution in [0.5, 0.6) is 0 Å². The molecule has 0 N–H and O–H groups in total. The second-order valence-corrected chi connectivity index (χ2v) is 5.04. The average molecular weight is 277 g/mol. The molecule has 0 saturated heterocycles. The molecule has 0 unspecified atom stereocenters. The average Bonchev–Trinajstić information content (AvgIpc) is 2.77. The first kappa shape index (κ1) is 15.1. The minimum Gasteiger partial charge on any atom is -0.344 e. The molecule has 0 aliphatic carbocycles. The lowest BCUT2D eigenvalue weighted by Gasteiger charge is -2.04. The fourth-order valence-corrected chi connectivity index (χ4v) is 2.78. The first-order valence-electron chi connectivity index (χ1n) is 7.34. The van der Waals surface area contributed by atoms with E-state index in [4.69, 9.17) is 0 Å². The summed E-state index contributed by atoms with van der Waals surface area (Å²) in [5, 5.41) is 1.25. The van der Waals surface area contributed by atoms with Gasteiger partial charge < -0.3 is 4.57 Å². The van der Waals surface area contributed by atoms with Crippen molar-refractivity contribution in [2.24, 2.45) is 7.05 Å². The van der Waals surface area contributed by atoms with Crippen LogP contribution in [0, 0.1) is 0 Å². The smallest absolute Gasteiger partial charge is 0.0494 e. The molecule has 0 saturated carbocycles. The number of rotatable bonds is 4. The van der Waals surface area contributed by atoms with Gasteiger partial charge in [0.1, 0.15) is 0 Å². The van der Waals surface area contributed by atoms with E-state index in [1.807, 2.05) is 19.9 Å². The molecule has 0 aliphatic rings. The van der Waals surface area contributed by atoms with Gasteiger partial charge in [-0.15, -0.1) is 0 Å². The predicted molar refractivity (Wildman–Crippen MR) is 96.2 cm³/mol. The summed E-state index contributed by atoms with van der Waals surface area (Å²) in [6.07, 6.45) is 12.5. The Morgan fingerprint density at radius 1 is 1.14 bits per heavy atom. The van der Waals surface area contributed by atoms with Gasteiger partial charge in [-0.1, -0.05) is 49.1 Å². The van der Waals surface area contributed by atoms with E-state index < -0.39 is 0 Å². The number of fused-ring (bicyclic) bond motifs is 1. The van der Waals surface area contributed by atoms with Crippen LogP contribution in [-0.2, 0) is 7.05 Å². The van der Waals surface area contributed by atoms with Gasteiger partial charge in [0.05, 0.1) is 0 Å². The topological polar surface area (TPSA) is 4.93 Å². The maximum atomic E-state index is 3.97. The van der Waals surface area contributed by atoms with Gasteiger partial charge in [-0.2, -0.15) is 0 Å². The van der Waals surface area contributed by atoms with Crippen LogP contribution < -0.4 is 0 Å². The molecule has 1 aromatic carbocycles. The monoisotopic (exact) mass is 277 g/mol. The number of benzene rings is 1. The second kappa shape index (κ2) is 6.45. The Labute approximate surface area is 127 Å². The minimum atomic E-state index is 1.20. The van der Waals surface area contributed by atoms with Crippen molar-refractivity contribution >= 4 is 28.6 Å². The second-order valence-electron chi connectivity index (χ2n) is 5.04. The van der Waals surface area contributed by atoms with Gasteiger partial charge in [0, 0.05) is 29.2 Å². The lowest BCUT2D eigenvalue weighted by molar-refractivity contribution is 0.953. The highest BCUT2D eigenvalue weighted by Crippen LogP contribution is 2.30. The van der Waals surface area contributed by atoms with Crippen molar-refractivity contribution in [2.45, 2.75) is 20.8 Å². The fraction of sp³-hybridized carbons (Fsp3) is 0.200. The van der Waals surface area contributed by atoms with E-state index in [2.05, 4.69) is 73.7 Å². The summed E-state index contributed by atoms with van der Waals surface area (Å²) < 4.78 is 2.23. The summed E-state index contributed by atoms with van der Waals surface area (Å²) in [6, 6.07) is 6.64. The first-order valence-corrected chi connectivity index (χ1v) is 7.34. The van der Waals surface area contributed by atoms with Gasteiger partial charge in [-0.25, -0.2) is 0 Å². The van der Waals surface area contributed by atoms with Crippen molar-refractivity contribution in [3.63, 3.8) is 0 Å². The van der Waals surface area contributed by atoms with E-state index >= 15 is 0 Å². The zero-order valence-corrected chi connectivity index (χ0v) is 13.4. The third-order valence-corrected chi connectivity index (χ3v) is 3.81. The zero-order valence-electron chi connectivity index (χ0n) is 13.4. The maximum Gasteiger partial charge on any atom is 0.0494 e. The third-order valence-electron chi connectivity index (χ3n) is 3.81. The van der Waals surface area contributed by atoms with Crippen LogP contribution in [0.1, 0.15) is 37.6 Å². The quantitative estimate of drug-likeness (QED) is 0.619. The van der Waals surface area contributed by atoms with E-state index in [9.17, 15) is 0 Å². The largest absolute Gasteiger partial charge is 0.344 e. The number of aromatic nitrogens is 1. The van der Waals surface area contributed by atoms with E-state index in [1.54, 1.807) is 0 Å². The van der Waals surface area contributed by atoms with E-state index in [1.165, 1.54) is 33.3 Å². The third kappa shape index (κ3) is 2.64. The van der Waals surface area contributed by atoms with Crippen LogP contribution >= 0.6 is 0 Å². The van der Waals surface area contributed by atoms with Crippen LogP contribution in [0.2, 0.25) is 0 Å². The van der Waals surface area contributed by atoms with Crippen LogP contribution in [0.3, 0.4) is 0 Å². The van der Waals surface area contributed by atoms with Gasteiger partial charge >= 0.3 is 0 Å². The molecule has 1 nitrogen and oxygen atoms in total. The van der Waals surface area contributed by atoms with Crippen molar-refractivity contribution in [1.82, 2.24) is 4.57 Å². The number of nitrogens with zero attached hydrogens (tertiary/aromatic N) is 1. The summed E-state index contributed by atoms with van der Waals surface area (Å²) >= 11 is 0. The van der Waals surface area contributed by atoms with Crippen molar-refractivity contribution < 1.29 is 0 Å². The highest BCUT2D eigenvalue weighted by Gasteiger charge is 2.11. The predicted octanol–water partition coefficient (Wildman–Crippen LogP) is 5.83. The van der Waals surface area contributed by atoms with Gasteiger partial charge in [-0.3, -0.25) is 0 Å². The molecule has 2 rings (SSSR count). The van der Waals surface area contributed by atoms with Crippen molar-refractivity contribution in [3.8, 4) is 0 Å². The lowest BCUT2D eigenvalue weighted by Crippen LogP contribution is -1.91. The van der Waals surface area contributed by atoms with Crippen molar-refractivity contribution in [3.05, 3.63) is 65.9 Å². The Hall–Kier alpha value is -2.28. The molecular formula is C20H23N. The van der Waals surface area contributed by atoms with Gasteiger partial charge in [0.25, 0.3) is 0 Å². The molecule has 2 aromatic rings. The van der Waals surface area contributed by atoms with Gasteiger partial charge in [-0.05, 0) is 44.1 Å². The highest BCUT2D eigenvalue weighted by atomic mass is 14.9. The zero-order chi connectivity index (χ0) is 15.4. The number of hydrogen-bond acceptors (Lipinski definition) is 0. The number of allylic oxidation sites excluding steroid dienone is 5. The van der Waals surface area contributed by atoms with E-state index in [0.717, 1.165) is 0 Å². The van der Waals surface area contributed by atoms with Crippen LogP contribution in [-0.4, -0.2) is 4.57 Å². The molecule has 108 valence electrons. The molecular weight excluding hydrogens is 254 g/mol. The Morgan fingerprint density at radius 2 is 1.90 bits per heavy atom. The van der Waals surface area contributed by atoms with Crippen LogP contribution in [0.4, 0.5) is 0 Å². The molecule has 1 aromatic heterocycles. The molecule has 0 aliphatic heterocycles. The molecule has 0 radical (unpaired) electrons. The van der Waals surface area contributed by atoms with E-state index in [0.29, 0.717) is 0 Å². The molecule has 0 bridgehead atoms. The first-order chi connectivity index (χ1) is 10.2. The molecule has 21 heavy (non-hydrogen) atoms. The SMILES string of the molecule is C=Cc1c(/C=C\C)n(C)c2cc(C(/C=C\C)=C/C)ccc12. The summed E-state index contributed by atoms with van der Waals surface area (Å²) in [4.78, 5) is 0. The standard InChI is InChI=1S/C20H23N/c1-6-10-15(8-3)16-12-13-18-17(9-4)19(11-7-2)21(5)20(18)14-16/h6-14H,4H2,1-3,5H3/b10-6-,11-7-,15-8+. The Bertz CT molecular complexity index is 752. The number of hydrogen-bond donors (Lipinski definition) is 0. The highest BCUT2D eigenvalue weighted by molar-refractivity contribution is 5.95. The lowest BCUT2D eigenvalue weighted by atomic mass is 10.0. The molecule has 1 heterocycles. The van der Waals surface area contributed by atoms with Crippen LogP contribution in [0.25, 0.3) is 28.6 Å². The molecule has 0 atom stereocenters. The summed E-state index contributed by atoms with van der Waals surface area (Å²) in [6.45, 7) is 10.1. The Kier molecular flexibility index (Phi) is 4.64. The normalized spacial score (nSPS) is 12.9. The Morgan fingerprint density at radius 3 is 2.48 bits per heavy atom. The van der Waals surface area contributed by atoms with Crippen molar-refractivity contribution in [2.75, 3.05) is 0 Å². The summed E-state index contributed by atoms with van der Waals surface area (Å²) in [7, 11) is 2.11. The van der Waals surface area contributed by atoms with Crippen LogP contribution in [0.15, 0.2) is 49.1 Å².